The van der Waals surface area contributed by atoms with Gasteiger partial charge in [0.15, 0.2) is 0 Å². The van der Waals surface area contributed by atoms with Crippen molar-refractivity contribution >= 4 is 11.8 Å². The quantitative estimate of drug-likeness (QED) is 0.774. The van der Waals surface area contributed by atoms with E-state index in [1.165, 1.54) is 5.56 Å². The maximum atomic E-state index is 12.9. The van der Waals surface area contributed by atoms with Gasteiger partial charge in [0.05, 0.1) is 5.92 Å². The first-order chi connectivity index (χ1) is 14.5. The minimum atomic E-state index is -0.0872. The largest absolute Gasteiger partial charge is 0.359 e. The molecule has 1 aromatic rings. The molecule has 1 spiro atoms. The summed E-state index contributed by atoms with van der Waals surface area (Å²) in [5, 5.41) is 2.86. The summed E-state index contributed by atoms with van der Waals surface area (Å²) in [7, 11) is 1.72. The van der Waals surface area contributed by atoms with Crippen molar-refractivity contribution in [3.8, 4) is 0 Å². The number of likely N-dealkylation sites (tertiary alicyclic amines) is 3. The fourth-order valence-corrected chi connectivity index (χ4v) is 5.66. The topological polar surface area (TPSA) is 55.9 Å². The number of rotatable bonds is 6. The van der Waals surface area contributed by atoms with Crippen LogP contribution in [0.2, 0.25) is 0 Å². The highest BCUT2D eigenvalue weighted by molar-refractivity contribution is 5.82. The van der Waals surface area contributed by atoms with E-state index in [0.717, 1.165) is 65.2 Å². The number of carbonyl (C=O) groups excluding carboxylic acids is 2. The second-order valence-corrected chi connectivity index (χ2v) is 9.52. The van der Waals surface area contributed by atoms with Crippen molar-refractivity contribution in [3.63, 3.8) is 0 Å². The normalized spacial score (nSPS) is 24.7. The van der Waals surface area contributed by atoms with Gasteiger partial charge in [0.25, 0.3) is 0 Å². The molecule has 3 aliphatic rings. The van der Waals surface area contributed by atoms with Gasteiger partial charge in [-0.3, -0.25) is 14.5 Å². The molecular weight excluding hydrogens is 376 g/mol. The van der Waals surface area contributed by atoms with E-state index in [0.29, 0.717) is 12.3 Å². The summed E-state index contributed by atoms with van der Waals surface area (Å²) in [4.78, 5) is 32.4. The monoisotopic (exact) mass is 412 g/mol. The summed E-state index contributed by atoms with van der Waals surface area (Å²) in [6.07, 6.45) is 2.93. The van der Waals surface area contributed by atoms with Crippen molar-refractivity contribution in [2.45, 2.75) is 32.7 Å². The first-order valence-corrected chi connectivity index (χ1v) is 11.5. The molecule has 1 aromatic carbocycles. The molecule has 3 aliphatic heterocycles. The molecule has 1 unspecified atom stereocenters. The zero-order valence-corrected chi connectivity index (χ0v) is 18.5. The molecule has 2 amide bonds. The van der Waals surface area contributed by atoms with Crippen LogP contribution in [0.15, 0.2) is 30.3 Å². The van der Waals surface area contributed by atoms with Gasteiger partial charge in [0, 0.05) is 51.6 Å². The van der Waals surface area contributed by atoms with Gasteiger partial charge in [0.1, 0.15) is 0 Å². The van der Waals surface area contributed by atoms with Gasteiger partial charge < -0.3 is 15.1 Å². The molecule has 164 valence electrons. The lowest BCUT2D eigenvalue weighted by molar-refractivity contribution is -0.150. The third-order valence-electron chi connectivity index (χ3n) is 7.51. The van der Waals surface area contributed by atoms with Gasteiger partial charge in [-0.15, -0.1) is 0 Å². The summed E-state index contributed by atoms with van der Waals surface area (Å²) in [5.41, 5.74) is 1.19. The number of piperidine rings is 1. The molecule has 0 radical (unpaired) electrons. The van der Waals surface area contributed by atoms with E-state index in [1.54, 1.807) is 7.05 Å². The molecule has 6 nitrogen and oxygen atoms in total. The molecule has 1 N–H and O–H groups in total. The van der Waals surface area contributed by atoms with Crippen LogP contribution in [0.3, 0.4) is 0 Å². The summed E-state index contributed by atoms with van der Waals surface area (Å²) >= 11 is 0. The highest BCUT2D eigenvalue weighted by atomic mass is 16.2. The smallest absolute Gasteiger partial charge is 0.224 e. The highest BCUT2D eigenvalue weighted by Crippen LogP contribution is 2.45. The molecule has 4 rings (SSSR count). The molecular formula is C24H36N4O2. The Hall–Kier alpha value is -1.92. The lowest BCUT2D eigenvalue weighted by Gasteiger charge is -2.51. The van der Waals surface area contributed by atoms with E-state index >= 15 is 0 Å². The highest BCUT2D eigenvalue weighted by Gasteiger charge is 2.57. The zero-order valence-electron chi connectivity index (χ0n) is 18.5. The summed E-state index contributed by atoms with van der Waals surface area (Å²) in [6, 6.07) is 10.4. The molecule has 3 saturated heterocycles. The van der Waals surface area contributed by atoms with Crippen molar-refractivity contribution in [1.82, 2.24) is 20.0 Å². The number of nitrogens with one attached hydrogen (secondary N) is 1. The van der Waals surface area contributed by atoms with Gasteiger partial charge in [-0.2, -0.15) is 0 Å². The number of amides is 2. The van der Waals surface area contributed by atoms with Crippen LogP contribution < -0.4 is 5.32 Å². The van der Waals surface area contributed by atoms with E-state index in [-0.39, 0.29) is 23.1 Å². The molecule has 0 bridgehead atoms. The minimum Gasteiger partial charge on any atom is -0.359 e. The van der Waals surface area contributed by atoms with Crippen molar-refractivity contribution in [1.29, 1.82) is 0 Å². The number of carbonyl (C=O) groups is 2. The maximum absolute atomic E-state index is 12.9. The van der Waals surface area contributed by atoms with Crippen molar-refractivity contribution in [3.05, 3.63) is 35.9 Å². The van der Waals surface area contributed by atoms with Gasteiger partial charge >= 0.3 is 0 Å². The van der Waals surface area contributed by atoms with E-state index in [2.05, 4.69) is 46.3 Å². The lowest BCUT2D eigenvalue weighted by atomic mass is 9.71. The Morgan fingerprint density at radius 1 is 1.07 bits per heavy atom. The van der Waals surface area contributed by atoms with E-state index in [9.17, 15) is 9.59 Å². The summed E-state index contributed by atoms with van der Waals surface area (Å²) < 4.78 is 0. The van der Waals surface area contributed by atoms with Crippen LogP contribution in [0.5, 0.6) is 0 Å². The Bertz CT molecular complexity index is 739. The standard InChI is InChI=1S/C24H36N4O2/c1-3-26-11-9-19(10-12-26)13-22(29)28-17-24(18-28)16-27(15-21(24)23(30)25-2)14-20-7-5-4-6-8-20/h4-8,19,21H,3,9-18H2,1-2H3,(H,25,30). The average molecular weight is 413 g/mol. The van der Waals surface area contributed by atoms with Crippen molar-refractivity contribution in [2.75, 3.05) is 52.9 Å². The maximum Gasteiger partial charge on any atom is 0.224 e. The van der Waals surface area contributed by atoms with E-state index < -0.39 is 0 Å². The Balaban J connectivity index is 1.34. The Morgan fingerprint density at radius 2 is 1.77 bits per heavy atom. The Labute approximate surface area is 180 Å². The second kappa shape index (κ2) is 9.06. The zero-order chi connectivity index (χ0) is 21.1. The van der Waals surface area contributed by atoms with Crippen LogP contribution in [-0.2, 0) is 16.1 Å². The van der Waals surface area contributed by atoms with Crippen molar-refractivity contribution in [2.24, 2.45) is 17.3 Å². The van der Waals surface area contributed by atoms with Gasteiger partial charge in [-0.1, -0.05) is 37.3 Å². The van der Waals surface area contributed by atoms with Gasteiger partial charge in [-0.25, -0.2) is 0 Å². The summed E-state index contributed by atoms with van der Waals surface area (Å²) in [6.45, 7) is 9.51. The molecule has 0 saturated carbocycles. The third-order valence-corrected chi connectivity index (χ3v) is 7.51. The molecule has 3 heterocycles. The van der Waals surface area contributed by atoms with E-state index in [4.69, 9.17) is 0 Å². The predicted octanol–water partition coefficient (Wildman–Crippen LogP) is 1.82. The van der Waals surface area contributed by atoms with Crippen LogP contribution in [0.4, 0.5) is 0 Å². The Kier molecular flexibility index (Phi) is 6.44. The number of benzene rings is 1. The van der Waals surface area contributed by atoms with E-state index in [1.807, 2.05) is 11.0 Å². The van der Waals surface area contributed by atoms with Crippen LogP contribution in [-0.4, -0.2) is 79.4 Å². The molecule has 6 heteroatoms. The molecule has 0 aromatic heterocycles. The number of hydrogen-bond donors (Lipinski definition) is 1. The lowest BCUT2D eigenvalue weighted by Crippen LogP contribution is -2.64. The fraction of sp³-hybridized carbons (Fsp3) is 0.667. The van der Waals surface area contributed by atoms with Gasteiger partial charge in [-0.05, 0) is 44.0 Å². The molecule has 1 atom stereocenters. The van der Waals surface area contributed by atoms with Crippen LogP contribution in [0.25, 0.3) is 0 Å². The summed E-state index contributed by atoms with van der Waals surface area (Å²) in [5.74, 6) is 0.880. The predicted molar refractivity (Wildman–Crippen MR) is 118 cm³/mol. The van der Waals surface area contributed by atoms with Crippen LogP contribution in [0.1, 0.15) is 31.7 Å². The molecule has 30 heavy (non-hydrogen) atoms. The van der Waals surface area contributed by atoms with Crippen LogP contribution in [0, 0.1) is 17.3 Å². The first kappa shape index (κ1) is 21.3. The second-order valence-electron chi connectivity index (χ2n) is 9.52. The number of hydrogen-bond acceptors (Lipinski definition) is 4. The fourth-order valence-electron chi connectivity index (χ4n) is 5.66. The van der Waals surface area contributed by atoms with Crippen molar-refractivity contribution < 1.29 is 9.59 Å². The number of nitrogens with zero attached hydrogens (tertiary/aromatic N) is 3. The molecule has 3 fully saturated rings. The average Bonchev–Trinajstić information content (AvgIpc) is 3.13. The van der Waals surface area contributed by atoms with Crippen LogP contribution >= 0.6 is 0 Å². The third kappa shape index (κ3) is 4.40. The SMILES string of the molecule is CCN1CCC(CC(=O)N2CC3(CN(Cc4ccccc4)CC3C(=O)NC)C2)CC1. The van der Waals surface area contributed by atoms with Gasteiger partial charge in [0.2, 0.25) is 11.8 Å². The Morgan fingerprint density at radius 3 is 2.40 bits per heavy atom. The molecule has 0 aliphatic carbocycles. The first-order valence-electron chi connectivity index (χ1n) is 11.5. The minimum absolute atomic E-state index is 0.0388.